The molecule has 4 rings (SSSR count). The summed E-state index contributed by atoms with van der Waals surface area (Å²) in [5.41, 5.74) is 2.39. The van der Waals surface area contributed by atoms with Gasteiger partial charge in [-0.2, -0.15) is 0 Å². The molecule has 6 nitrogen and oxygen atoms in total. The van der Waals surface area contributed by atoms with Gasteiger partial charge in [-0.1, -0.05) is 17.4 Å². The number of aromatic nitrogens is 1. The highest BCUT2D eigenvalue weighted by molar-refractivity contribution is 7.16. The molecule has 3 aromatic rings. The highest BCUT2D eigenvalue weighted by Crippen LogP contribution is 2.32. The molecule has 0 fully saturated rings. The second-order valence-corrected chi connectivity index (χ2v) is 6.72. The van der Waals surface area contributed by atoms with Crippen LogP contribution in [0.4, 0.5) is 5.69 Å². The first-order chi connectivity index (χ1) is 12.6. The van der Waals surface area contributed by atoms with Gasteiger partial charge in [-0.15, -0.1) is 0 Å². The molecule has 0 saturated heterocycles. The van der Waals surface area contributed by atoms with Crippen molar-refractivity contribution in [2.24, 2.45) is 0 Å². The number of carbonyl (C=O) groups excluding carboxylic acids is 1. The number of thiazole rings is 1. The van der Waals surface area contributed by atoms with Crippen molar-refractivity contribution in [3.05, 3.63) is 57.7 Å². The minimum Gasteiger partial charge on any atom is -0.454 e. The van der Waals surface area contributed by atoms with Crippen molar-refractivity contribution in [2.75, 3.05) is 12.1 Å². The van der Waals surface area contributed by atoms with E-state index >= 15 is 0 Å². The average Bonchev–Trinajstić information content (AvgIpc) is 3.22. The monoisotopic (exact) mass is 368 g/mol. The van der Waals surface area contributed by atoms with Gasteiger partial charge in [0, 0.05) is 18.3 Å². The molecule has 1 aliphatic rings. The molecule has 0 saturated carbocycles. The van der Waals surface area contributed by atoms with Gasteiger partial charge >= 0.3 is 4.87 Å². The predicted molar refractivity (Wildman–Crippen MR) is 102 cm³/mol. The molecule has 0 unspecified atom stereocenters. The normalized spacial score (nSPS) is 12.8. The first-order valence-electron chi connectivity index (χ1n) is 8.16. The van der Waals surface area contributed by atoms with E-state index in [1.807, 2.05) is 37.3 Å². The van der Waals surface area contributed by atoms with Crippen molar-refractivity contribution in [3.63, 3.8) is 0 Å². The summed E-state index contributed by atoms with van der Waals surface area (Å²) in [5.74, 6) is 1.13. The lowest BCUT2D eigenvalue weighted by atomic mass is 10.2. The van der Waals surface area contributed by atoms with Crippen LogP contribution in [0.15, 0.2) is 47.3 Å². The first-order valence-corrected chi connectivity index (χ1v) is 8.98. The van der Waals surface area contributed by atoms with Gasteiger partial charge in [0.05, 0.1) is 10.2 Å². The summed E-state index contributed by atoms with van der Waals surface area (Å²) in [7, 11) is 0. The highest BCUT2D eigenvalue weighted by Gasteiger charge is 2.12. The van der Waals surface area contributed by atoms with E-state index < -0.39 is 0 Å². The third kappa shape index (κ3) is 3.09. The third-order valence-corrected chi connectivity index (χ3v) is 5.02. The number of nitrogens with zero attached hydrogens (tertiary/aromatic N) is 1. The fraction of sp³-hybridized carbons (Fsp3) is 0.158. The summed E-state index contributed by atoms with van der Waals surface area (Å²) in [6.07, 6.45) is 3.17. The van der Waals surface area contributed by atoms with E-state index in [1.54, 1.807) is 16.7 Å². The predicted octanol–water partition coefficient (Wildman–Crippen LogP) is 3.46. The van der Waals surface area contributed by atoms with Crippen LogP contribution in [-0.2, 0) is 11.3 Å². The summed E-state index contributed by atoms with van der Waals surface area (Å²) in [5, 5.41) is 2.82. The highest BCUT2D eigenvalue weighted by atomic mass is 32.1. The Hall–Kier alpha value is -3.06. The van der Waals surface area contributed by atoms with Gasteiger partial charge in [0.25, 0.3) is 0 Å². The van der Waals surface area contributed by atoms with Crippen LogP contribution in [0.1, 0.15) is 12.5 Å². The average molecular weight is 368 g/mol. The molecular weight excluding hydrogens is 352 g/mol. The van der Waals surface area contributed by atoms with Crippen LogP contribution in [0.3, 0.4) is 0 Å². The molecule has 2 heterocycles. The van der Waals surface area contributed by atoms with Crippen LogP contribution in [-0.4, -0.2) is 17.3 Å². The minimum atomic E-state index is -0.246. The van der Waals surface area contributed by atoms with E-state index in [-0.39, 0.29) is 17.6 Å². The Bertz CT molecular complexity index is 1080. The second-order valence-electron chi connectivity index (χ2n) is 5.73. The number of anilines is 1. The summed E-state index contributed by atoms with van der Waals surface area (Å²) >= 11 is 1.18. The molecule has 1 N–H and O–H groups in total. The number of hydrogen-bond donors (Lipinski definition) is 1. The number of aryl methyl sites for hydroxylation is 1. The topological polar surface area (TPSA) is 69.6 Å². The largest absolute Gasteiger partial charge is 0.454 e. The molecule has 1 amide bonds. The zero-order chi connectivity index (χ0) is 18.1. The Morgan fingerprint density at radius 1 is 1.23 bits per heavy atom. The Balaban J connectivity index is 1.49. The van der Waals surface area contributed by atoms with Crippen molar-refractivity contribution in [2.45, 2.75) is 13.5 Å². The minimum absolute atomic E-state index is 0.00804. The molecular formula is C19H16N2O4S. The second kappa shape index (κ2) is 6.68. The number of nitrogens with one attached hydrogen (secondary N) is 1. The number of rotatable bonds is 4. The first kappa shape index (κ1) is 16.4. The Kier molecular flexibility index (Phi) is 4.22. The smallest absolute Gasteiger partial charge is 0.308 e. The molecule has 26 heavy (non-hydrogen) atoms. The number of carbonyl (C=O) groups is 1. The number of benzene rings is 2. The van der Waals surface area contributed by atoms with Gasteiger partial charge in [-0.25, -0.2) is 0 Å². The van der Waals surface area contributed by atoms with Gasteiger partial charge in [-0.05, 0) is 48.9 Å². The molecule has 0 radical (unpaired) electrons. The summed E-state index contributed by atoms with van der Waals surface area (Å²) in [4.78, 5) is 24.1. The maximum absolute atomic E-state index is 12.2. The van der Waals surface area contributed by atoms with Crippen LogP contribution in [0.2, 0.25) is 0 Å². The Labute approximate surface area is 153 Å². The SMILES string of the molecule is CCn1c(=O)sc2cc(NC(=O)/C=C/c3ccc4c(c3)OCO4)ccc21. The van der Waals surface area contributed by atoms with E-state index in [4.69, 9.17) is 9.47 Å². The van der Waals surface area contributed by atoms with E-state index in [1.165, 1.54) is 17.4 Å². The molecule has 0 bridgehead atoms. The number of hydrogen-bond acceptors (Lipinski definition) is 5. The van der Waals surface area contributed by atoms with Gasteiger partial charge in [0.1, 0.15) is 0 Å². The van der Waals surface area contributed by atoms with E-state index in [0.29, 0.717) is 23.7 Å². The number of amides is 1. The van der Waals surface area contributed by atoms with Crippen molar-refractivity contribution >= 4 is 39.2 Å². The van der Waals surface area contributed by atoms with Gasteiger partial charge in [-0.3, -0.25) is 14.2 Å². The lowest BCUT2D eigenvalue weighted by Crippen LogP contribution is -2.10. The van der Waals surface area contributed by atoms with Gasteiger partial charge in [0.15, 0.2) is 11.5 Å². The van der Waals surface area contributed by atoms with Crippen molar-refractivity contribution in [1.29, 1.82) is 0 Å². The van der Waals surface area contributed by atoms with Crippen LogP contribution in [0.5, 0.6) is 11.5 Å². The number of fused-ring (bicyclic) bond motifs is 2. The molecule has 132 valence electrons. The van der Waals surface area contributed by atoms with Crippen LogP contribution in [0.25, 0.3) is 16.3 Å². The van der Waals surface area contributed by atoms with Crippen LogP contribution < -0.4 is 19.7 Å². The standard InChI is InChI=1S/C19H16N2O4S/c1-2-21-14-6-5-13(10-17(14)26-19(21)23)20-18(22)8-4-12-3-7-15-16(9-12)25-11-24-15/h3-10H,2,11H2,1H3,(H,20,22)/b8-4+. The maximum atomic E-state index is 12.2. The molecule has 1 aliphatic heterocycles. The van der Waals surface area contributed by atoms with Gasteiger partial charge < -0.3 is 14.8 Å². The molecule has 2 aromatic carbocycles. The van der Waals surface area contributed by atoms with Crippen LogP contribution >= 0.6 is 11.3 Å². The van der Waals surface area contributed by atoms with Crippen molar-refractivity contribution in [1.82, 2.24) is 4.57 Å². The van der Waals surface area contributed by atoms with Crippen molar-refractivity contribution < 1.29 is 14.3 Å². The molecule has 0 aliphatic carbocycles. The van der Waals surface area contributed by atoms with Crippen molar-refractivity contribution in [3.8, 4) is 11.5 Å². The summed E-state index contributed by atoms with van der Waals surface area (Å²) in [6.45, 7) is 2.78. The lowest BCUT2D eigenvalue weighted by Gasteiger charge is -2.03. The van der Waals surface area contributed by atoms with E-state index in [9.17, 15) is 9.59 Å². The quantitative estimate of drug-likeness (QED) is 0.716. The summed E-state index contributed by atoms with van der Waals surface area (Å²) in [6, 6.07) is 11.0. The summed E-state index contributed by atoms with van der Waals surface area (Å²) < 4.78 is 13.2. The van der Waals surface area contributed by atoms with Crippen LogP contribution in [0, 0.1) is 0 Å². The molecule has 0 spiro atoms. The zero-order valence-electron chi connectivity index (χ0n) is 14.0. The maximum Gasteiger partial charge on any atom is 0.308 e. The van der Waals surface area contributed by atoms with E-state index in [0.717, 1.165) is 15.8 Å². The molecule has 1 aromatic heterocycles. The zero-order valence-corrected chi connectivity index (χ0v) is 14.8. The third-order valence-electron chi connectivity index (χ3n) is 4.08. The lowest BCUT2D eigenvalue weighted by molar-refractivity contribution is -0.111. The Morgan fingerprint density at radius 2 is 2.08 bits per heavy atom. The Morgan fingerprint density at radius 3 is 2.92 bits per heavy atom. The fourth-order valence-corrected chi connectivity index (χ4v) is 3.81. The van der Waals surface area contributed by atoms with Gasteiger partial charge in [0.2, 0.25) is 12.7 Å². The number of ether oxygens (including phenoxy) is 2. The molecule has 7 heteroatoms. The fourth-order valence-electron chi connectivity index (χ4n) is 2.82. The molecule has 0 atom stereocenters. The van der Waals surface area contributed by atoms with E-state index in [2.05, 4.69) is 5.32 Å².